The fraction of sp³-hybridized carbons (Fsp3) is 0.667. The van der Waals surface area contributed by atoms with Crippen LogP contribution in [-0.4, -0.2) is 31.6 Å². The predicted octanol–water partition coefficient (Wildman–Crippen LogP) is 2.40. The first-order chi connectivity index (χ1) is 6.66. The van der Waals surface area contributed by atoms with Crippen LogP contribution in [0.5, 0.6) is 0 Å². The number of likely N-dealkylation sites (N-methyl/N-ethyl adjacent to an activating group) is 1. The van der Waals surface area contributed by atoms with Crippen LogP contribution in [0.2, 0.25) is 0 Å². The van der Waals surface area contributed by atoms with Crippen molar-refractivity contribution in [2.45, 2.75) is 26.7 Å². The number of hydrogen-bond donors (Lipinski definition) is 1. The Balaban J connectivity index is 3.22. The minimum atomic E-state index is 1.02. The van der Waals surface area contributed by atoms with Crippen LogP contribution in [-0.2, 0) is 0 Å². The average Bonchev–Trinajstić information content (AvgIpc) is 2.10. The second-order valence-corrected chi connectivity index (χ2v) is 3.86. The molecular weight excluding hydrogens is 172 g/mol. The molecule has 1 N–H and O–H groups in total. The first kappa shape index (κ1) is 13.2. The lowest BCUT2D eigenvalue weighted by Crippen LogP contribution is -2.22. The number of allylic oxidation sites excluding steroid dienone is 1. The number of rotatable bonds is 8. The first-order valence-electron chi connectivity index (χ1n) is 5.34. The maximum absolute atomic E-state index is 3.90. The smallest absolute Gasteiger partial charge is 0.0184 e. The van der Waals surface area contributed by atoms with Gasteiger partial charge in [-0.1, -0.05) is 18.2 Å². The van der Waals surface area contributed by atoms with E-state index < -0.39 is 0 Å². The van der Waals surface area contributed by atoms with Gasteiger partial charge in [0.05, 0.1) is 0 Å². The third-order valence-electron chi connectivity index (χ3n) is 1.94. The summed E-state index contributed by atoms with van der Waals surface area (Å²) in [6.45, 7) is 11.2. The molecule has 82 valence electrons. The summed E-state index contributed by atoms with van der Waals surface area (Å²) in [5.74, 6) is 0. The fourth-order valence-electron chi connectivity index (χ4n) is 1.35. The summed E-state index contributed by atoms with van der Waals surface area (Å²) < 4.78 is 0. The number of hydrogen-bond acceptors (Lipinski definition) is 2. The Hall–Kier alpha value is -0.760. The zero-order valence-electron chi connectivity index (χ0n) is 9.84. The fourth-order valence-corrected chi connectivity index (χ4v) is 1.35. The van der Waals surface area contributed by atoms with Gasteiger partial charge in [-0.2, -0.15) is 0 Å². The normalized spacial score (nSPS) is 11.1. The monoisotopic (exact) mass is 196 g/mol. The minimum Gasteiger partial charge on any atom is -0.391 e. The van der Waals surface area contributed by atoms with Gasteiger partial charge in [-0.15, -0.1) is 0 Å². The van der Waals surface area contributed by atoms with Crippen LogP contribution in [0.4, 0.5) is 0 Å². The maximum atomic E-state index is 3.90. The summed E-state index contributed by atoms with van der Waals surface area (Å²) in [5.41, 5.74) is 1.24. The molecule has 0 amide bonds. The minimum absolute atomic E-state index is 1.02. The van der Waals surface area contributed by atoms with Crippen LogP contribution in [0, 0.1) is 0 Å². The van der Waals surface area contributed by atoms with Crippen molar-refractivity contribution in [3.63, 3.8) is 0 Å². The summed E-state index contributed by atoms with van der Waals surface area (Å²) in [4.78, 5) is 2.32. The second kappa shape index (κ2) is 8.82. The molecule has 0 aliphatic carbocycles. The molecule has 14 heavy (non-hydrogen) atoms. The van der Waals surface area contributed by atoms with Crippen LogP contribution in [0.1, 0.15) is 26.7 Å². The van der Waals surface area contributed by atoms with Crippen molar-refractivity contribution >= 4 is 0 Å². The molecule has 0 aromatic carbocycles. The van der Waals surface area contributed by atoms with Crippen molar-refractivity contribution in [1.29, 1.82) is 0 Å². The van der Waals surface area contributed by atoms with E-state index in [1.165, 1.54) is 18.4 Å². The molecule has 0 aromatic rings. The Morgan fingerprint density at radius 2 is 2.14 bits per heavy atom. The van der Waals surface area contributed by atoms with E-state index in [1.807, 2.05) is 19.2 Å². The van der Waals surface area contributed by atoms with Gasteiger partial charge in [-0.3, -0.25) is 0 Å². The van der Waals surface area contributed by atoms with Gasteiger partial charge in [0, 0.05) is 13.1 Å². The van der Waals surface area contributed by atoms with Crippen molar-refractivity contribution in [2.75, 3.05) is 26.7 Å². The quantitative estimate of drug-likeness (QED) is 0.474. The average molecular weight is 196 g/mol. The molecule has 0 atom stereocenters. The van der Waals surface area contributed by atoms with Gasteiger partial charge in [0.2, 0.25) is 0 Å². The van der Waals surface area contributed by atoms with E-state index in [4.69, 9.17) is 0 Å². The van der Waals surface area contributed by atoms with E-state index in [0.717, 1.165) is 19.6 Å². The summed E-state index contributed by atoms with van der Waals surface area (Å²) in [7, 11) is 2.15. The molecule has 0 saturated heterocycles. The SMILES string of the molecule is C=C(C)CN(C)CCCCN/C=C/C. The van der Waals surface area contributed by atoms with Crippen LogP contribution in [0.3, 0.4) is 0 Å². The van der Waals surface area contributed by atoms with Crippen molar-refractivity contribution in [2.24, 2.45) is 0 Å². The number of unbranched alkanes of at least 4 members (excludes halogenated alkanes) is 1. The zero-order chi connectivity index (χ0) is 10.8. The van der Waals surface area contributed by atoms with Gasteiger partial charge < -0.3 is 10.2 Å². The molecule has 0 rings (SSSR count). The number of nitrogens with one attached hydrogen (secondary N) is 1. The lowest BCUT2D eigenvalue weighted by Gasteiger charge is -2.16. The molecule has 0 radical (unpaired) electrons. The Labute approximate surface area is 88.7 Å². The van der Waals surface area contributed by atoms with Crippen LogP contribution >= 0.6 is 0 Å². The molecule has 0 aliphatic heterocycles. The van der Waals surface area contributed by atoms with Gasteiger partial charge in [0.25, 0.3) is 0 Å². The Bertz CT molecular complexity index is 173. The summed E-state index contributed by atoms with van der Waals surface area (Å²) in [5, 5.41) is 3.23. The standard InChI is InChI=1S/C12H24N2/c1-5-8-13-9-6-7-10-14(4)11-12(2)3/h5,8,13H,2,6-7,9-11H2,1,3-4H3/b8-5+. The largest absolute Gasteiger partial charge is 0.391 e. The van der Waals surface area contributed by atoms with Gasteiger partial charge in [-0.25, -0.2) is 0 Å². The van der Waals surface area contributed by atoms with Crippen LogP contribution in [0.25, 0.3) is 0 Å². The van der Waals surface area contributed by atoms with E-state index in [0.29, 0.717) is 0 Å². The molecule has 0 aromatic heterocycles. The Morgan fingerprint density at radius 1 is 1.43 bits per heavy atom. The van der Waals surface area contributed by atoms with Crippen molar-refractivity contribution in [1.82, 2.24) is 10.2 Å². The summed E-state index contributed by atoms with van der Waals surface area (Å²) >= 11 is 0. The van der Waals surface area contributed by atoms with Gasteiger partial charge in [-0.05, 0) is 46.5 Å². The molecule has 2 heteroatoms. The maximum Gasteiger partial charge on any atom is 0.0184 e. The Kier molecular flexibility index (Phi) is 8.34. The Morgan fingerprint density at radius 3 is 2.71 bits per heavy atom. The molecule has 2 nitrogen and oxygen atoms in total. The van der Waals surface area contributed by atoms with Gasteiger partial charge >= 0.3 is 0 Å². The van der Waals surface area contributed by atoms with Crippen LogP contribution < -0.4 is 5.32 Å². The topological polar surface area (TPSA) is 15.3 Å². The molecule has 0 bridgehead atoms. The molecule has 0 unspecified atom stereocenters. The van der Waals surface area contributed by atoms with Gasteiger partial charge in [0.15, 0.2) is 0 Å². The van der Waals surface area contributed by atoms with E-state index in [9.17, 15) is 0 Å². The highest BCUT2D eigenvalue weighted by atomic mass is 15.1. The molecule has 0 fully saturated rings. The molecule has 0 aliphatic rings. The van der Waals surface area contributed by atoms with Crippen LogP contribution in [0.15, 0.2) is 24.4 Å². The molecule has 0 spiro atoms. The molecular formula is C12H24N2. The van der Waals surface area contributed by atoms with Crippen molar-refractivity contribution in [3.8, 4) is 0 Å². The summed E-state index contributed by atoms with van der Waals surface area (Å²) in [6.07, 6.45) is 6.49. The zero-order valence-corrected chi connectivity index (χ0v) is 9.84. The highest BCUT2D eigenvalue weighted by molar-refractivity contribution is 4.90. The summed E-state index contributed by atoms with van der Waals surface area (Å²) in [6, 6.07) is 0. The third-order valence-corrected chi connectivity index (χ3v) is 1.94. The lowest BCUT2D eigenvalue weighted by atomic mass is 10.2. The third kappa shape index (κ3) is 9.33. The second-order valence-electron chi connectivity index (χ2n) is 3.86. The first-order valence-corrected chi connectivity index (χ1v) is 5.34. The highest BCUT2D eigenvalue weighted by Crippen LogP contribution is 1.95. The van der Waals surface area contributed by atoms with E-state index in [-0.39, 0.29) is 0 Å². The predicted molar refractivity (Wildman–Crippen MR) is 64.4 cm³/mol. The van der Waals surface area contributed by atoms with E-state index in [1.54, 1.807) is 0 Å². The van der Waals surface area contributed by atoms with E-state index >= 15 is 0 Å². The number of nitrogens with zero attached hydrogens (tertiary/aromatic N) is 1. The lowest BCUT2D eigenvalue weighted by molar-refractivity contribution is 0.352. The van der Waals surface area contributed by atoms with Crippen molar-refractivity contribution < 1.29 is 0 Å². The highest BCUT2D eigenvalue weighted by Gasteiger charge is 1.96. The van der Waals surface area contributed by atoms with Gasteiger partial charge in [0.1, 0.15) is 0 Å². The van der Waals surface area contributed by atoms with Crippen molar-refractivity contribution in [3.05, 3.63) is 24.4 Å². The molecule has 0 heterocycles. The van der Waals surface area contributed by atoms with E-state index in [2.05, 4.69) is 30.8 Å². The molecule has 0 saturated carbocycles.